The summed E-state index contributed by atoms with van der Waals surface area (Å²) in [6.45, 7) is -2.64. The number of pyridine rings is 2. The van der Waals surface area contributed by atoms with Gasteiger partial charge in [-0.2, -0.15) is 0 Å². The molecule has 0 bridgehead atoms. The smallest absolute Gasteiger partial charge is 0.259 e. The van der Waals surface area contributed by atoms with Crippen LogP contribution in [-0.4, -0.2) is 22.9 Å². The highest BCUT2D eigenvalue weighted by Gasteiger charge is 2.25. The zero-order valence-electron chi connectivity index (χ0n) is 15.4. The lowest BCUT2D eigenvalue weighted by atomic mass is 10.2. The van der Waals surface area contributed by atoms with E-state index in [4.69, 9.17) is 8.27 Å². The molecule has 5 nitrogen and oxygen atoms in total. The molecule has 90 valence electrons. The largest absolute Gasteiger partial charge is 0.318 e. The number of rotatable bonds is 0. The highest BCUT2D eigenvalue weighted by Crippen LogP contribution is 2.35. The molecule has 0 saturated carbocycles. The van der Waals surface area contributed by atoms with Crippen LogP contribution in [0.5, 0.6) is 0 Å². The van der Waals surface area contributed by atoms with E-state index in [0.29, 0.717) is 5.31 Å². The Bertz CT molecular complexity index is 853. The van der Waals surface area contributed by atoms with Gasteiger partial charge in [0, 0.05) is 23.5 Å². The summed E-state index contributed by atoms with van der Waals surface area (Å²) in [5, 5.41) is 0.408. The van der Waals surface area contributed by atoms with Gasteiger partial charge in [0.1, 0.15) is 5.82 Å². The Morgan fingerprint density at radius 2 is 2.39 bits per heavy atom. The Balaban J connectivity index is 2.40. The van der Waals surface area contributed by atoms with Crippen molar-refractivity contribution >= 4 is 23.2 Å². The van der Waals surface area contributed by atoms with E-state index < -0.39 is 12.8 Å². The molecule has 0 radical (unpaired) electrons. The summed E-state index contributed by atoms with van der Waals surface area (Å²) in [5.74, 6) is -0.842. The molecule has 0 fully saturated rings. The van der Waals surface area contributed by atoms with Crippen molar-refractivity contribution in [1.82, 2.24) is 9.97 Å². The minimum atomic E-state index is -2.64. The normalized spacial score (nSPS) is 19.5. The molecule has 0 saturated heterocycles. The lowest BCUT2D eigenvalue weighted by Gasteiger charge is -2.18. The number of nitrogens with one attached hydrogen (secondary N) is 1. The summed E-state index contributed by atoms with van der Waals surface area (Å²) in [6, 6.07) is 2.19. The van der Waals surface area contributed by atoms with Crippen LogP contribution in [0.15, 0.2) is 30.5 Å². The molecule has 0 aromatic carbocycles. The van der Waals surface area contributed by atoms with E-state index in [1.807, 2.05) is 0 Å². The molecular weight excluding hydrogens is 228 g/mol. The zero-order valence-corrected chi connectivity index (χ0v) is 9.43. The minimum absolute atomic E-state index is 0.0474. The zero-order chi connectivity index (χ0) is 17.8. The van der Waals surface area contributed by atoms with Crippen molar-refractivity contribution in [1.29, 1.82) is 0 Å². The van der Waals surface area contributed by atoms with E-state index in [2.05, 4.69) is 9.97 Å². The third-order valence-corrected chi connectivity index (χ3v) is 2.63. The fraction of sp³-hybridized carbons (Fsp3) is 0.154. The molecule has 2 aromatic rings. The summed E-state index contributed by atoms with van der Waals surface area (Å²) in [6.07, 6.45) is 1.03. The monoisotopic (exact) mass is 246 g/mol. The number of hydrogen-bond donors (Lipinski definition) is 1. The highest BCUT2D eigenvalue weighted by molar-refractivity contribution is 6.11. The molecule has 2 aromatic heterocycles. The van der Waals surface area contributed by atoms with Gasteiger partial charge in [0.2, 0.25) is 0 Å². The quantitative estimate of drug-likeness (QED) is 0.773. The maximum absolute atomic E-state index is 12.6. The van der Waals surface area contributed by atoms with Gasteiger partial charge in [-0.05, 0) is 30.6 Å². The number of carbonyl (C=O) groups excluding carboxylic acids is 1. The topological polar surface area (TPSA) is 58.1 Å². The summed E-state index contributed by atoms with van der Waals surface area (Å²) >= 11 is 0. The number of carbonyl (C=O) groups is 1. The van der Waals surface area contributed by atoms with Crippen LogP contribution in [0.4, 0.5) is 17.3 Å². The van der Waals surface area contributed by atoms with Crippen LogP contribution in [0, 0.1) is 6.85 Å². The second-order valence-electron chi connectivity index (χ2n) is 3.73. The van der Waals surface area contributed by atoms with Gasteiger partial charge in [0.15, 0.2) is 7.23 Å². The van der Waals surface area contributed by atoms with Gasteiger partial charge < -0.3 is 10.2 Å². The van der Waals surface area contributed by atoms with Crippen LogP contribution in [0.25, 0.3) is 0 Å². The molecular formula is C13H12N4O. The first-order chi connectivity index (χ1) is 11.1. The van der Waals surface area contributed by atoms with Gasteiger partial charge in [0.25, 0.3) is 5.91 Å². The third kappa shape index (κ3) is 1.44. The van der Waals surface area contributed by atoms with Crippen molar-refractivity contribution in [2.45, 2.75) is 6.85 Å². The molecule has 1 N–H and O–H groups in total. The Morgan fingerprint density at radius 1 is 1.50 bits per heavy atom. The molecule has 0 aliphatic carbocycles. The van der Waals surface area contributed by atoms with Gasteiger partial charge in [0.05, 0.1) is 14.0 Å². The fourth-order valence-corrected chi connectivity index (χ4v) is 1.77. The molecule has 5 heteroatoms. The van der Waals surface area contributed by atoms with Crippen LogP contribution in [0.3, 0.4) is 0 Å². The Hall–Kier alpha value is -2.43. The molecule has 0 atom stereocenters. The summed E-state index contributed by atoms with van der Waals surface area (Å²) in [5.41, 5.74) is -0.695. The van der Waals surface area contributed by atoms with E-state index in [0.717, 1.165) is 6.07 Å². The Kier molecular flexibility index (Phi) is 1.26. The average Bonchev–Trinajstić information content (AvgIpc) is 2.57. The summed E-state index contributed by atoms with van der Waals surface area (Å²) in [7, 11) is 1.49. The summed E-state index contributed by atoms with van der Waals surface area (Å²) < 4.78 is 46.7. The molecule has 1 aliphatic rings. The predicted molar refractivity (Wildman–Crippen MR) is 69.2 cm³/mol. The van der Waals surface area contributed by atoms with Crippen molar-refractivity contribution < 1.29 is 13.1 Å². The van der Waals surface area contributed by atoms with Crippen molar-refractivity contribution in [2.24, 2.45) is 0 Å². The van der Waals surface area contributed by atoms with Gasteiger partial charge >= 0.3 is 0 Å². The van der Waals surface area contributed by atoms with Crippen molar-refractivity contribution in [3.63, 3.8) is 0 Å². The standard InChI is InChI=1S/C13H12N4O/c1-8-5-7-15-12-10(8)16-13(18)9-4-3-6-14-11(9)17(12)2/h3-7H,1-2H3,(H,16,18)/i1D3,4D,7D/hD. The summed E-state index contributed by atoms with van der Waals surface area (Å²) in [4.78, 5) is 22.0. The van der Waals surface area contributed by atoms with Gasteiger partial charge in [-0.1, -0.05) is 0 Å². The SMILES string of the molecule is [2H]c1cc(C([2H])([2H])[2H])c2c(n1)N(C)c1nccc([2H])c1C(=O)N2[2H]. The third-order valence-electron chi connectivity index (χ3n) is 2.63. The van der Waals surface area contributed by atoms with Gasteiger partial charge in [-0.3, -0.25) is 4.79 Å². The van der Waals surface area contributed by atoms with E-state index >= 15 is 0 Å². The maximum Gasteiger partial charge on any atom is 0.259 e. The number of aryl methyl sites for hydroxylation is 1. The van der Waals surface area contributed by atoms with Crippen LogP contribution in [0.1, 0.15) is 22.8 Å². The second-order valence-corrected chi connectivity index (χ2v) is 3.73. The number of fused-ring (bicyclic) bond motifs is 2. The van der Waals surface area contributed by atoms with E-state index in [9.17, 15) is 4.79 Å². The molecule has 1 amide bonds. The van der Waals surface area contributed by atoms with Crippen LogP contribution >= 0.6 is 0 Å². The number of anilines is 3. The lowest BCUT2D eigenvalue weighted by molar-refractivity contribution is 0.102. The number of nitrogens with zero attached hydrogens (tertiary/aromatic N) is 3. The Labute approximate surface area is 113 Å². The fourth-order valence-electron chi connectivity index (χ4n) is 1.77. The number of hydrogen-bond acceptors (Lipinski definition) is 4. The predicted octanol–water partition coefficient (Wildman–Crippen LogP) is 2.12. The Morgan fingerprint density at radius 3 is 3.22 bits per heavy atom. The van der Waals surface area contributed by atoms with Crippen molar-refractivity contribution in [2.75, 3.05) is 17.3 Å². The first-order valence-corrected chi connectivity index (χ1v) is 5.17. The van der Waals surface area contributed by atoms with E-state index in [-0.39, 0.29) is 40.7 Å². The van der Waals surface area contributed by atoms with Crippen LogP contribution in [0.2, 0.25) is 1.41 Å². The lowest BCUT2D eigenvalue weighted by Crippen LogP contribution is -2.14. The molecule has 18 heavy (non-hydrogen) atoms. The number of amides is 1. The average molecular weight is 246 g/mol. The molecule has 0 spiro atoms. The van der Waals surface area contributed by atoms with Crippen LogP contribution in [-0.2, 0) is 0 Å². The maximum atomic E-state index is 12.6. The molecule has 3 heterocycles. The molecule has 0 unspecified atom stereocenters. The van der Waals surface area contributed by atoms with Crippen LogP contribution < -0.4 is 10.2 Å². The van der Waals surface area contributed by atoms with Crippen molar-refractivity contribution in [3.05, 3.63) is 41.7 Å². The molecule has 3 rings (SSSR count). The number of aromatic nitrogens is 2. The van der Waals surface area contributed by atoms with E-state index in [1.54, 1.807) is 0 Å². The van der Waals surface area contributed by atoms with E-state index in [1.165, 1.54) is 24.2 Å². The molecule has 1 aliphatic heterocycles. The minimum Gasteiger partial charge on any atom is -0.318 e. The first kappa shape index (κ1) is 5.95. The van der Waals surface area contributed by atoms with Gasteiger partial charge in [-0.25, -0.2) is 9.97 Å². The first-order valence-electron chi connectivity index (χ1n) is 8.12. The van der Waals surface area contributed by atoms with Crippen molar-refractivity contribution in [3.8, 4) is 0 Å². The second kappa shape index (κ2) is 3.80. The van der Waals surface area contributed by atoms with Gasteiger partial charge in [-0.15, -0.1) is 0 Å². The highest BCUT2D eigenvalue weighted by atomic mass is 16.1.